The summed E-state index contributed by atoms with van der Waals surface area (Å²) in [6.45, 7) is 1.85. The lowest BCUT2D eigenvalue weighted by Gasteiger charge is -2.11. The van der Waals surface area contributed by atoms with Crippen LogP contribution >= 0.6 is 31.9 Å². The van der Waals surface area contributed by atoms with Crippen molar-refractivity contribution in [1.29, 1.82) is 0 Å². The number of benzene rings is 2. The summed E-state index contributed by atoms with van der Waals surface area (Å²) in [4.78, 5) is 12.6. The van der Waals surface area contributed by atoms with Crippen LogP contribution in [0.2, 0.25) is 0 Å². The number of aryl methyl sites for hydroxylation is 1. The Morgan fingerprint density at radius 1 is 1.15 bits per heavy atom. The molecule has 0 atom stereocenters. The van der Waals surface area contributed by atoms with Gasteiger partial charge in [0.05, 0.1) is 17.1 Å². The van der Waals surface area contributed by atoms with Crippen molar-refractivity contribution in [2.45, 2.75) is 6.92 Å². The highest BCUT2D eigenvalue weighted by Crippen LogP contribution is 2.29. The Labute approximate surface area is 133 Å². The molecule has 0 unspecified atom stereocenters. The molecule has 2 rings (SSSR count). The van der Waals surface area contributed by atoms with E-state index in [0.29, 0.717) is 11.1 Å². The van der Waals surface area contributed by atoms with Gasteiger partial charge in [-0.3, -0.25) is 4.79 Å². The summed E-state index contributed by atoms with van der Waals surface area (Å²) in [5, 5.41) is 0. The largest absolute Gasteiger partial charge is 0.496 e. The monoisotopic (exact) mass is 400 g/mol. The van der Waals surface area contributed by atoms with Crippen LogP contribution in [-0.4, -0.2) is 12.9 Å². The molecule has 20 heavy (non-hydrogen) atoms. The predicted octanol–water partition coefficient (Wildman–Crippen LogP) is 4.90. The quantitative estimate of drug-likeness (QED) is 0.683. The van der Waals surface area contributed by atoms with Crippen LogP contribution in [0.4, 0.5) is 4.39 Å². The molecule has 0 amide bonds. The van der Waals surface area contributed by atoms with E-state index in [1.807, 2.05) is 13.0 Å². The van der Waals surface area contributed by atoms with Gasteiger partial charge < -0.3 is 4.74 Å². The molecule has 0 bridgehead atoms. The molecule has 2 aromatic rings. The maximum atomic E-state index is 13.5. The van der Waals surface area contributed by atoms with E-state index in [0.717, 1.165) is 10.0 Å². The molecular weight excluding hydrogens is 391 g/mol. The standard InChI is InChI=1S/C15H11Br2FO2/c1-8-5-9(16)3-4-10(8)15(19)11-6-12(17)13(18)7-14(11)20-2/h3-7H,1-2H3. The van der Waals surface area contributed by atoms with Gasteiger partial charge >= 0.3 is 0 Å². The van der Waals surface area contributed by atoms with Crippen LogP contribution in [0.1, 0.15) is 21.5 Å². The molecule has 0 heterocycles. The van der Waals surface area contributed by atoms with E-state index in [1.165, 1.54) is 19.2 Å². The van der Waals surface area contributed by atoms with Crippen LogP contribution in [0.15, 0.2) is 39.3 Å². The van der Waals surface area contributed by atoms with Gasteiger partial charge in [-0.1, -0.05) is 15.9 Å². The van der Waals surface area contributed by atoms with Crippen molar-refractivity contribution in [2.75, 3.05) is 7.11 Å². The average Bonchev–Trinajstić information content (AvgIpc) is 2.40. The van der Waals surface area contributed by atoms with Gasteiger partial charge in [0, 0.05) is 16.1 Å². The van der Waals surface area contributed by atoms with E-state index in [-0.39, 0.29) is 16.0 Å². The normalized spacial score (nSPS) is 10.4. The topological polar surface area (TPSA) is 26.3 Å². The number of hydrogen-bond acceptors (Lipinski definition) is 2. The lowest BCUT2D eigenvalue weighted by molar-refractivity contribution is 0.103. The lowest BCUT2D eigenvalue weighted by Crippen LogP contribution is -2.06. The first kappa shape index (κ1) is 15.2. The molecule has 0 aromatic heterocycles. The third-order valence-electron chi connectivity index (χ3n) is 2.92. The molecule has 0 aliphatic heterocycles. The van der Waals surface area contributed by atoms with Gasteiger partial charge in [0.25, 0.3) is 0 Å². The summed E-state index contributed by atoms with van der Waals surface area (Å²) >= 11 is 6.45. The fourth-order valence-electron chi connectivity index (χ4n) is 1.90. The molecule has 2 nitrogen and oxygen atoms in total. The third-order valence-corrected chi connectivity index (χ3v) is 4.02. The van der Waals surface area contributed by atoms with Crippen molar-refractivity contribution in [1.82, 2.24) is 0 Å². The van der Waals surface area contributed by atoms with Gasteiger partial charge in [-0.15, -0.1) is 0 Å². The van der Waals surface area contributed by atoms with E-state index in [9.17, 15) is 9.18 Å². The SMILES string of the molecule is COc1cc(F)c(Br)cc1C(=O)c1ccc(Br)cc1C. The Morgan fingerprint density at radius 2 is 1.85 bits per heavy atom. The molecule has 5 heteroatoms. The zero-order valence-corrected chi connectivity index (χ0v) is 14.0. The molecule has 0 radical (unpaired) electrons. The van der Waals surface area contributed by atoms with Crippen LogP contribution in [-0.2, 0) is 0 Å². The molecule has 0 saturated heterocycles. The third kappa shape index (κ3) is 2.94. The summed E-state index contributed by atoms with van der Waals surface area (Å²) < 4.78 is 19.7. The Bertz CT molecular complexity index is 684. The number of methoxy groups -OCH3 is 1. The average molecular weight is 402 g/mol. The summed E-state index contributed by atoms with van der Waals surface area (Å²) in [7, 11) is 1.41. The summed E-state index contributed by atoms with van der Waals surface area (Å²) in [6.07, 6.45) is 0. The number of hydrogen-bond donors (Lipinski definition) is 0. The van der Waals surface area contributed by atoms with Crippen molar-refractivity contribution in [2.24, 2.45) is 0 Å². The molecule has 2 aromatic carbocycles. The molecular formula is C15H11Br2FO2. The Balaban J connectivity index is 2.55. The van der Waals surface area contributed by atoms with Gasteiger partial charge in [0.2, 0.25) is 0 Å². The van der Waals surface area contributed by atoms with Gasteiger partial charge in [0.1, 0.15) is 11.6 Å². The Hall–Kier alpha value is -1.20. The van der Waals surface area contributed by atoms with Crippen molar-refractivity contribution < 1.29 is 13.9 Å². The minimum Gasteiger partial charge on any atom is -0.496 e. The van der Waals surface area contributed by atoms with Gasteiger partial charge in [-0.05, 0) is 52.7 Å². The molecule has 0 fully saturated rings. The van der Waals surface area contributed by atoms with Crippen molar-refractivity contribution in [3.8, 4) is 5.75 Å². The minimum atomic E-state index is -0.467. The van der Waals surface area contributed by atoms with Crippen LogP contribution in [0.25, 0.3) is 0 Å². The number of carbonyl (C=O) groups excluding carboxylic acids is 1. The fourth-order valence-corrected chi connectivity index (χ4v) is 2.72. The number of ether oxygens (including phenoxy) is 1. The van der Waals surface area contributed by atoms with E-state index >= 15 is 0 Å². The summed E-state index contributed by atoms with van der Waals surface area (Å²) in [5.74, 6) is -0.448. The first-order valence-corrected chi connectivity index (χ1v) is 7.36. The Morgan fingerprint density at radius 3 is 2.45 bits per heavy atom. The van der Waals surface area contributed by atoms with Gasteiger partial charge in [-0.2, -0.15) is 0 Å². The molecule has 0 aliphatic carbocycles. The smallest absolute Gasteiger partial charge is 0.197 e. The fraction of sp³-hybridized carbons (Fsp3) is 0.133. The Kier molecular flexibility index (Phi) is 4.60. The number of halogens is 3. The van der Waals surface area contributed by atoms with E-state index < -0.39 is 5.82 Å². The molecule has 0 N–H and O–H groups in total. The maximum absolute atomic E-state index is 13.5. The van der Waals surface area contributed by atoms with Crippen LogP contribution < -0.4 is 4.74 Å². The van der Waals surface area contributed by atoms with Crippen molar-refractivity contribution in [3.05, 3.63) is 61.8 Å². The summed E-state index contributed by atoms with van der Waals surface area (Å²) in [6, 6.07) is 8.03. The molecule has 0 aliphatic rings. The zero-order chi connectivity index (χ0) is 14.9. The lowest BCUT2D eigenvalue weighted by atomic mass is 9.98. The number of carbonyl (C=O) groups is 1. The predicted molar refractivity (Wildman–Crippen MR) is 83.0 cm³/mol. The second kappa shape index (κ2) is 6.06. The minimum absolute atomic E-state index is 0.201. The molecule has 0 saturated carbocycles. The van der Waals surface area contributed by atoms with Crippen molar-refractivity contribution >= 4 is 37.6 Å². The maximum Gasteiger partial charge on any atom is 0.197 e. The first-order chi connectivity index (χ1) is 9.43. The van der Waals surface area contributed by atoms with E-state index in [1.54, 1.807) is 12.1 Å². The van der Waals surface area contributed by atoms with E-state index in [4.69, 9.17) is 4.74 Å². The van der Waals surface area contributed by atoms with Gasteiger partial charge in [-0.25, -0.2) is 4.39 Å². The highest BCUT2D eigenvalue weighted by molar-refractivity contribution is 9.10. The van der Waals surface area contributed by atoms with Crippen LogP contribution in [0.5, 0.6) is 5.75 Å². The first-order valence-electron chi connectivity index (χ1n) is 5.78. The summed E-state index contributed by atoms with van der Waals surface area (Å²) in [5.41, 5.74) is 1.73. The van der Waals surface area contributed by atoms with Crippen molar-refractivity contribution in [3.63, 3.8) is 0 Å². The van der Waals surface area contributed by atoms with Crippen LogP contribution in [0, 0.1) is 12.7 Å². The molecule has 104 valence electrons. The second-order valence-corrected chi connectivity index (χ2v) is 6.02. The van der Waals surface area contributed by atoms with Gasteiger partial charge in [0.15, 0.2) is 5.78 Å². The number of ketones is 1. The second-order valence-electron chi connectivity index (χ2n) is 4.25. The van der Waals surface area contributed by atoms with Crippen LogP contribution in [0.3, 0.4) is 0 Å². The van der Waals surface area contributed by atoms with E-state index in [2.05, 4.69) is 31.9 Å². The highest BCUT2D eigenvalue weighted by atomic mass is 79.9. The zero-order valence-electron chi connectivity index (χ0n) is 10.8. The number of rotatable bonds is 3. The molecule has 0 spiro atoms. The highest BCUT2D eigenvalue weighted by Gasteiger charge is 2.19.